The highest BCUT2D eigenvalue weighted by Gasteiger charge is 2.21. The maximum atomic E-state index is 12.0. The van der Waals surface area contributed by atoms with Crippen molar-refractivity contribution in [3.63, 3.8) is 0 Å². The molecule has 1 heterocycles. The second kappa shape index (κ2) is 6.06. The normalized spacial score (nSPS) is 19.3. The number of aryl methyl sites for hydroxylation is 2. The van der Waals surface area contributed by atoms with Crippen LogP contribution in [-0.4, -0.2) is 43.2 Å². The molecule has 1 aromatic carbocycles. The summed E-state index contributed by atoms with van der Waals surface area (Å²) >= 11 is 0. The molecule has 0 aromatic heterocycles. The maximum Gasteiger partial charge on any atom is 0.260 e. The Bertz CT molecular complexity index is 459. The molecule has 104 valence electrons. The quantitative estimate of drug-likeness (QED) is 0.836. The molecule has 0 spiro atoms. The van der Waals surface area contributed by atoms with Crippen molar-refractivity contribution in [1.82, 2.24) is 4.90 Å². The van der Waals surface area contributed by atoms with Crippen molar-refractivity contribution in [1.29, 1.82) is 0 Å². The molecule has 1 atom stereocenters. The van der Waals surface area contributed by atoms with Crippen LogP contribution in [0.5, 0.6) is 5.75 Å². The molecule has 2 rings (SSSR count). The van der Waals surface area contributed by atoms with Crippen LogP contribution in [-0.2, 0) is 9.53 Å². The third-order valence-electron chi connectivity index (χ3n) is 3.28. The highest BCUT2D eigenvalue weighted by Crippen LogP contribution is 2.18. The number of nitrogens with zero attached hydrogens (tertiary/aromatic N) is 1. The fraction of sp³-hybridized carbons (Fsp3) is 0.533. The molecule has 1 saturated heterocycles. The lowest BCUT2D eigenvalue weighted by Crippen LogP contribution is -2.46. The number of hydrogen-bond acceptors (Lipinski definition) is 3. The predicted molar refractivity (Wildman–Crippen MR) is 73.4 cm³/mol. The summed E-state index contributed by atoms with van der Waals surface area (Å²) in [5.74, 6) is 0.801. The van der Waals surface area contributed by atoms with Gasteiger partial charge in [-0.25, -0.2) is 0 Å². The number of rotatable bonds is 3. The summed E-state index contributed by atoms with van der Waals surface area (Å²) in [5.41, 5.74) is 2.25. The summed E-state index contributed by atoms with van der Waals surface area (Å²) in [4.78, 5) is 13.8. The van der Waals surface area contributed by atoms with Crippen molar-refractivity contribution in [3.8, 4) is 5.75 Å². The van der Waals surface area contributed by atoms with Gasteiger partial charge in [0.15, 0.2) is 6.61 Å². The van der Waals surface area contributed by atoms with Gasteiger partial charge in [-0.05, 0) is 32.4 Å². The minimum Gasteiger partial charge on any atom is -0.484 e. The van der Waals surface area contributed by atoms with E-state index >= 15 is 0 Å². The number of hydrogen-bond donors (Lipinski definition) is 0. The largest absolute Gasteiger partial charge is 0.484 e. The van der Waals surface area contributed by atoms with Crippen molar-refractivity contribution < 1.29 is 14.3 Å². The Morgan fingerprint density at radius 2 is 2.26 bits per heavy atom. The molecule has 0 saturated carbocycles. The average Bonchev–Trinajstić information content (AvgIpc) is 2.37. The van der Waals surface area contributed by atoms with E-state index in [0.717, 1.165) is 11.3 Å². The van der Waals surface area contributed by atoms with Gasteiger partial charge in [0.25, 0.3) is 5.91 Å². The minimum absolute atomic E-state index is 0.0233. The predicted octanol–water partition coefficient (Wildman–Crippen LogP) is 1.93. The van der Waals surface area contributed by atoms with Crippen LogP contribution in [0.25, 0.3) is 0 Å². The average molecular weight is 263 g/mol. The van der Waals surface area contributed by atoms with Crippen LogP contribution in [0.2, 0.25) is 0 Å². The van der Waals surface area contributed by atoms with Gasteiger partial charge in [0.1, 0.15) is 5.75 Å². The lowest BCUT2D eigenvalue weighted by Gasteiger charge is -2.31. The third kappa shape index (κ3) is 3.70. The first-order valence-electron chi connectivity index (χ1n) is 6.65. The van der Waals surface area contributed by atoms with Crippen LogP contribution in [0.3, 0.4) is 0 Å². The summed E-state index contributed by atoms with van der Waals surface area (Å²) in [6.45, 7) is 8.01. The van der Waals surface area contributed by atoms with E-state index in [0.29, 0.717) is 19.7 Å². The Balaban J connectivity index is 1.89. The molecule has 1 aromatic rings. The molecular weight excluding hydrogens is 242 g/mol. The molecule has 1 unspecified atom stereocenters. The Labute approximate surface area is 114 Å². The summed E-state index contributed by atoms with van der Waals surface area (Å²) < 4.78 is 11.0. The number of carbonyl (C=O) groups is 1. The van der Waals surface area contributed by atoms with E-state index in [1.807, 2.05) is 32.9 Å². The number of amides is 1. The molecule has 1 aliphatic heterocycles. The lowest BCUT2D eigenvalue weighted by molar-refractivity contribution is -0.140. The highest BCUT2D eigenvalue weighted by atomic mass is 16.5. The van der Waals surface area contributed by atoms with Crippen molar-refractivity contribution in [2.75, 3.05) is 26.3 Å². The van der Waals surface area contributed by atoms with Gasteiger partial charge in [-0.15, -0.1) is 0 Å². The van der Waals surface area contributed by atoms with E-state index in [4.69, 9.17) is 9.47 Å². The van der Waals surface area contributed by atoms with E-state index < -0.39 is 0 Å². The zero-order valence-electron chi connectivity index (χ0n) is 11.8. The molecule has 1 amide bonds. The van der Waals surface area contributed by atoms with Crippen molar-refractivity contribution in [3.05, 3.63) is 29.3 Å². The fourth-order valence-corrected chi connectivity index (χ4v) is 2.24. The Kier molecular flexibility index (Phi) is 4.43. The molecule has 1 fully saturated rings. The Morgan fingerprint density at radius 3 is 2.95 bits per heavy atom. The van der Waals surface area contributed by atoms with Crippen LogP contribution >= 0.6 is 0 Å². The first-order valence-corrected chi connectivity index (χ1v) is 6.65. The van der Waals surface area contributed by atoms with E-state index in [-0.39, 0.29) is 18.6 Å². The number of morpholine rings is 1. The van der Waals surface area contributed by atoms with Gasteiger partial charge >= 0.3 is 0 Å². The maximum absolute atomic E-state index is 12.0. The van der Waals surface area contributed by atoms with Crippen LogP contribution in [0, 0.1) is 13.8 Å². The van der Waals surface area contributed by atoms with Gasteiger partial charge in [0, 0.05) is 13.1 Å². The zero-order chi connectivity index (χ0) is 13.8. The molecule has 0 radical (unpaired) electrons. The van der Waals surface area contributed by atoms with Crippen molar-refractivity contribution >= 4 is 5.91 Å². The smallest absolute Gasteiger partial charge is 0.260 e. The van der Waals surface area contributed by atoms with Gasteiger partial charge in [0.05, 0.1) is 12.7 Å². The molecule has 4 nitrogen and oxygen atoms in total. The molecule has 1 aliphatic rings. The molecule has 0 N–H and O–H groups in total. The molecule has 4 heteroatoms. The van der Waals surface area contributed by atoms with Crippen LogP contribution in [0.4, 0.5) is 0 Å². The minimum atomic E-state index is 0.0233. The van der Waals surface area contributed by atoms with E-state index in [9.17, 15) is 4.79 Å². The van der Waals surface area contributed by atoms with Crippen molar-refractivity contribution in [2.24, 2.45) is 0 Å². The van der Waals surface area contributed by atoms with Crippen molar-refractivity contribution in [2.45, 2.75) is 26.9 Å². The first-order chi connectivity index (χ1) is 9.06. The number of ether oxygens (including phenoxy) is 2. The molecule has 19 heavy (non-hydrogen) atoms. The van der Waals surface area contributed by atoms with E-state index in [1.54, 1.807) is 4.90 Å². The van der Waals surface area contributed by atoms with Gasteiger partial charge in [-0.2, -0.15) is 0 Å². The first kappa shape index (κ1) is 13.9. The SMILES string of the molecule is Cc1ccc(OCC(=O)N2CCOC(C)C2)c(C)c1. The summed E-state index contributed by atoms with van der Waals surface area (Å²) in [7, 11) is 0. The number of benzene rings is 1. The lowest BCUT2D eigenvalue weighted by atomic mass is 10.1. The standard InChI is InChI=1S/C15H21NO3/c1-11-4-5-14(12(2)8-11)19-10-15(17)16-6-7-18-13(3)9-16/h4-5,8,13H,6-7,9-10H2,1-3H3. The van der Waals surface area contributed by atoms with Gasteiger partial charge in [0.2, 0.25) is 0 Å². The molecular formula is C15H21NO3. The number of carbonyl (C=O) groups excluding carboxylic acids is 1. The van der Waals surface area contributed by atoms with Crippen LogP contribution < -0.4 is 4.74 Å². The molecule has 0 bridgehead atoms. The van der Waals surface area contributed by atoms with E-state index in [1.165, 1.54) is 5.56 Å². The van der Waals surface area contributed by atoms with Crippen LogP contribution in [0.1, 0.15) is 18.1 Å². The highest BCUT2D eigenvalue weighted by molar-refractivity contribution is 5.78. The zero-order valence-corrected chi connectivity index (χ0v) is 11.8. The van der Waals surface area contributed by atoms with Gasteiger partial charge in [-0.1, -0.05) is 17.7 Å². The monoisotopic (exact) mass is 263 g/mol. The van der Waals surface area contributed by atoms with E-state index in [2.05, 4.69) is 6.07 Å². The van der Waals surface area contributed by atoms with Gasteiger partial charge in [-0.3, -0.25) is 4.79 Å². The second-order valence-corrected chi connectivity index (χ2v) is 5.08. The fourth-order valence-electron chi connectivity index (χ4n) is 2.24. The summed E-state index contributed by atoms with van der Waals surface area (Å²) in [6, 6.07) is 5.96. The third-order valence-corrected chi connectivity index (χ3v) is 3.28. The topological polar surface area (TPSA) is 38.8 Å². The van der Waals surface area contributed by atoms with Crippen LogP contribution in [0.15, 0.2) is 18.2 Å². The van der Waals surface area contributed by atoms with Gasteiger partial charge < -0.3 is 14.4 Å². The summed E-state index contributed by atoms with van der Waals surface area (Å²) in [6.07, 6.45) is 0.110. The molecule has 0 aliphatic carbocycles. The summed E-state index contributed by atoms with van der Waals surface area (Å²) in [5, 5.41) is 0. The Morgan fingerprint density at radius 1 is 1.47 bits per heavy atom. The Hall–Kier alpha value is -1.55. The second-order valence-electron chi connectivity index (χ2n) is 5.08.